The lowest BCUT2D eigenvalue weighted by Gasteiger charge is -2.24. The first-order valence-electron chi connectivity index (χ1n) is 5.53. The lowest BCUT2D eigenvalue weighted by Crippen LogP contribution is -2.29. The van der Waals surface area contributed by atoms with E-state index in [9.17, 15) is 4.79 Å². The van der Waals surface area contributed by atoms with Crippen LogP contribution >= 0.6 is 12.6 Å². The molecule has 1 aromatic heterocycles. The number of carbonyl (C=O) groups excluding carboxylic acids is 1. The van der Waals surface area contributed by atoms with Crippen LogP contribution in [0.2, 0.25) is 0 Å². The highest BCUT2D eigenvalue weighted by molar-refractivity contribution is 7.80. The molecule has 0 saturated carbocycles. The largest absolute Gasteiger partial charge is 0.334 e. The third-order valence-electron chi connectivity index (χ3n) is 3.08. The summed E-state index contributed by atoms with van der Waals surface area (Å²) in [5.41, 5.74) is 0.954. The van der Waals surface area contributed by atoms with Crippen LogP contribution in [-0.2, 0) is 4.79 Å². The standard InChI is InChI=1S/C12H16N2OS/c1-9(11-4-2-3-5-13-11)14-7-10(8-16)6-12(14)15/h2-5,9-10,16H,6-8H2,1H3. The van der Waals surface area contributed by atoms with E-state index in [2.05, 4.69) is 17.6 Å². The van der Waals surface area contributed by atoms with Gasteiger partial charge in [0.15, 0.2) is 0 Å². The summed E-state index contributed by atoms with van der Waals surface area (Å²) in [4.78, 5) is 18.0. The Bertz CT molecular complexity index is 369. The zero-order valence-corrected chi connectivity index (χ0v) is 10.2. The number of likely N-dealkylation sites (tertiary alicyclic amines) is 1. The van der Waals surface area contributed by atoms with Crippen LogP contribution in [0, 0.1) is 5.92 Å². The molecule has 1 aliphatic rings. The molecule has 1 saturated heterocycles. The number of pyridine rings is 1. The average Bonchev–Trinajstić information content (AvgIpc) is 2.71. The van der Waals surface area contributed by atoms with Gasteiger partial charge in [0.25, 0.3) is 0 Å². The molecule has 0 aliphatic carbocycles. The van der Waals surface area contributed by atoms with E-state index in [0.717, 1.165) is 18.0 Å². The third-order valence-corrected chi connectivity index (χ3v) is 3.60. The van der Waals surface area contributed by atoms with Crippen molar-refractivity contribution in [3.63, 3.8) is 0 Å². The van der Waals surface area contributed by atoms with Crippen molar-refractivity contribution in [1.29, 1.82) is 0 Å². The number of hydrogen-bond donors (Lipinski definition) is 1. The van der Waals surface area contributed by atoms with Gasteiger partial charge in [-0.3, -0.25) is 9.78 Å². The highest BCUT2D eigenvalue weighted by Crippen LogP contribution is 2.27. The maximum Gasteiger partial charge on any atom is 0.223 e. The number of nitrogens with zero attached hydrogens (tertiary/aromatic N) is 2. The molecule has 2 rings (SSSR count). The van der Waals surface area contributed by atoms with Gasteiger partial charge in [0.05, 0.1) is 11.7 Å². The van der Waals surface area contributed by atoms with Gasteiger partial charge in [0.1, 0.15) is 0 Å². The second-order valence-corrected chi connectivity index (χ2v) is 4.59. The minimum Gasteiger partial charge on any atom is -0.334 e. The van der Waals surface area contributed by atoms with Gasteiger partial charge in [-0.05, 0) is 30.7 Å². The van der Waals surface area contributed by atoms with Crippen molar-refractivity contribution in [3.8, 4) is 0 Å². The SMILES string of the molecule is CC(c1ccccn1)N1CC(CS)CC1=O. The predicted octanol–water partition coefficient (Wildman–Crippen LogP) is 1.92. The lowest BCUT2D eigenvalue weighted by atomic mass is 10.1. The highest BCUT2D eigenvalue weighted by atomic mass is 32.1. The van der Waals surface area contributed by atoms with E-state index in [0.29, 0.717) is 12.3 Å². The van der Waals surface area contributed by atoms with Crippen molar-refractivity contribution >= 4 is 18.5 Å². The Hall–Kier alpha value is -1.03. The number of thiol groups is 1. The summed E-state index contributed by atoms with van der Waals surface area (Å²) < 4.78 is 0. The van der Waals surface area contributed by atoms with E-state index in [1.165, 1.54) is 0 Å². The molecule has 0 N–H and O–H groups in total. The van der Waals surface area contributed by atoms with Gasteiger partial charge >= 0.3 is 0 Å². The van der Waals surface area contributed by atoms with Crippen LogP contribution in [0.3, 0.4) is 0 Å². The Morgan fingerprint density at radius 3 is 3.00 bits per heavy atom. The normalized spacial score (nSPS) is 22.5. The third kappa shape index (κ3) is 2.21. The Morgan fingerprint density at radius 1 is 1.62 bits per heavy atom. The molecule has 3 nitrogen and oxygen atoms in total. The van der Waals surface area contributed by atoms with Gasteiger partial charge in [0.2, 0.25) is 5.91 Å². The predicted molar refractivity (Wildman–Crippen MR) is 66.3 cm³/mol. The summed E-state index contributed by atoms with van der Waals surface area (Å²) in [5.74, 6) is 1.39. The Morgan fingerprint density at radius 2 is 2.44 bits per heavy atom. The van der Waals surface area contributed by atoms with Gasteiger partial charge < -0.3 is 4.90 Å². The van der Waals surface area contributed by atoms with E-state index in [-0.39, 0.29) is 11.9 Å². The Kier molecular flexibility index (Phi) is 3.49. The van der Waals surface area contributed by atoms with Crippen LogP contribution in [0.1, 0.15) is 25.1 Å². The maximum absolute atomic E-state index is 11.8. The van der Waals surface area contributed by atoms with Crippen molar-refractivity contribution in [3.05, 3.63) is 30.1 Å². The first-order valence-corrected chi connectivity index (χ1v) is 6.17. The van der Waals surface area contributed by atoms with Crippen molar-refractivity contribution in [2.75, 3.05) is 12.3 Å². The highest BCUT2D eigenvalue weighted by Gasteiger charge is 2.32. The minimum atomic E-state index is 0.0681. The smallest absolute Gasteiger partial charge is 0.223 e. The molecule has 0 radical (unpaired) electrons. The summed E-state index contributed by atoms with van der Waals surface area (Å²) in [5, 5.41) is 0. The molecule has 0 aromatic carbocycles. The van der Waals surface area contributed by atoms with Gasteiger partial charge in [0, 0.05) is 19.2 Å². The first-order chi connectivity index (χ1) is 7.72. The maximum atomic E-state index is 11.8. The zero-order valence-electron chi connectivity index (χ0n) is 9.34. The molecule has 1 aliphatic heterocycles. The van der Waals surface area contributed by atoms with Crippen LogP contribution in [0.5, 0.6) is 0 Å². The molecule has 1 amide bonds. The molecule has 16 heavy (non-hydrogen) atoms. The van der Waals surface area contributed by atoms with E-state index < -0.39 is 0 Å². The fraction of sp³-hybridized carbons (Fsp3) is 0.500. The second kappa shape index (κ2) is 4.87. The van der Waals surface area contributed by atoms with Crippen LogP contribution in [0.15, 0.2) is 24.4 Å². The molecule has 1 aromatic rings. The Balaban J connectivity index is 2.11. The number of aromatic nitrogens is 1. The fourth-order valence-corrected chi connectivity index (χ4v) is 2.33. The molecule has 2 heterocycles. The number of amides is 1. The molecule has 2 atom stereocenters. The van der Waals surface area contributed by atoms with Gasteiger partial charge in [-0.2, -0.15) is 12.6 Å². The van der Waals surface area contributed by atoms with Gasteiger partial charge in [-0.1, -0.05) is 6.07 Å². The number of rotatable bonds is 3. The van der Waals surface area contributed by atoms with E-state index in [1.54, 1.807) is 6.20 Å². The molecular weight excluding hydrogens is 220 g/mol. The molecule has 2 unspecified atom stereocenters. The summed E-state index contributed by atoms with van der Waals surface area (Å²) in [7, 11) is 0. The van der Waals surface area contributed by atoms with Crippen LogP contribution < -0.4 is 0 Å². The molecule has 0 bridgehead atoms. The molecular formula is C12H16N2OS. The molecule has 1 fully saturated rings. The quantitative estimate of drug-likeness (QED) is 0.813. The van der Waals surface area contributed by atoms with Crippen molar-refractivity contribution in [2.45, 2.75) is 19.4 Å². The Labute approximate surface area is 101 Å². The van der Waals surface area contributed by atoms with Gasteiger partial charge in [-0.15, -0.1) is 0 Å². The molecule has 4 heteroatoms. The van der Waals surface area contributed by atoms with Crippen LogP contribution in [-0.4, -0.2) is 28.1 Å². The van der Waals surface area contributed by atoms with Gasteiger partial charge in [-0.25, -0.2) is 0 Å². The summed E-state index contributed by atoms with van der Waals surface area (Å²) >= 11 is 4.26. The zero-order chi connectivity index (χ0) is 11.5. The van der Waals surface area contributed by atoms with E-state index in [4.69, 9.17) is 0 Å². The lowest BCUT2D eigenvalue weighted by molar-refractivity contribution is -0.129. The average molecular weight is 236 g/mol. The van der Waals surface area contributed by atoms with E-state index in [1.807, 2.05) is 30.0 Å². The first kappa shape index (κ1) is 11.5. The summed E-state index contributed by atoms with van der Waals surface area (Å²) in [6, 6.07) is 5.87. The monoisotopic (exact) mass is 236 g/mol. The fourth-order valence-electron chi connectivity index (χ4n) is 2.09. The molecule has 86 valence electrons. The van der Waals surface area contributed by atoms with Crippen molar-refractivity contribution in [1.82, 2.24) is 9.88 Å². The topological polar surface area (TPSA) is 33.2 Å². The van der Waals surface area contributed by atoms with Crippen molar-refractivity contribution < 1.29 is 4.79 Å². The second-order valence-electron chi connectivity index (χ2n) is 4.23. The van der Waals surface area contributed by atoms with Crippen molar-refractivity contribution in [2.24, 2.45) is 5.92 Å². The van der Waals surface area contributed by atoms with Crippen LogP contribution in [0.25, 0.3) is 0 Å². The van der Waals surface area contributed by atoms with E-state index >= 15 is 0 Å². The molecule has 0 spiro atoms. The van der Waals surface area contributed by atoms with Crippen LogP contribution in [0.4, 0.5) is 0 Å². The number of carbonyl (C=O) groups is 1. The number of hydrogen-bond acceptors (Lipinski definition) is 3. The minimum absolute atomic E-state index is 0.0681. The summed E-state index contributed by atoms with van der Waals surface area (Å²) in [6.07, 6.45) is 2.39. The summed E-state index contributed by atoms with van der Waals surface area (Å²) in [6.45, 7) is 2.83.